The normalized spacial score (nSPS) is 10.5. The lowest BCUT2D eigenvalue weighted by atomic mass is 10.3. The molecule has 0 aliphatic rings. The third kappa shape index (κ3) is 4.28. The highest BCUT2D eigenvalue weighted by Crippen LogP contribution is 2.10. The van der Waals surface area contributed by atoms with E-state index in [-0.39, 0.29) is 0 Å². The van der Waals surface area contributed by atoms with Crippen LogP contribution in [0, 0.1) is 0 Å². The van der Waals surface area contributed by atoms with Gasteiger partial charge in [0.15, 0.2) is 0 Å². The van der Waals surface area contributed by atoms with Gasteiger partial charge >= 0.3 is 0 Å². The van der Waals surface area contributed by atoms with Crippen molar-refractivity contribution < 1.29 is 0 Å². The van der Waals surface area contributed by atoms with Crippen LogP contribution in [0.1, 0.15) is 24.6 Å². The Hall–Kier alpha value is -2.01. The summed E-state index contributed by atoms with van der Waals surface area (Å²) >= 11 is 0. The van der Waals surface area contributed by atoms with Crippen LogP contribution in [0.4, 0.5) is 5.82 Å². The van der Waals surface area contributed by atoms with Gasteiger partial charge in [-0.3, -0.25) is 9.97 Å². The molecule has 2 heterocycles. The van der Waals surface area contributed by atoms with Crippen LogP contribution in [0.5, 0.6) is 0 Å². The van der Waals surface area contributed by atoms with Crippen LogP contribution in [0.25, 0.3) is 0 Å². The van der Waals surface area contributed by atoms with Crippen molar-refractivity contribution in [1.82, 2.24) is 20.3 Å². The lowest BCUT2D eigenvalue weighted by molar-refractivity contribution is 0.661. The summed E-state index contributed by atoms with van der Waals surface area (Å²) < 4.78 is 0. The van der Waals surface area contributed by atoms with Crippen LogP contribution in [-0.4, -0.2) is 28.5 Å². The molecule has 0 bridgehead atoms. The monoisotopic (exact) mass is 271 g/mol. The molecule has 0 aliphatic carbocycles. The number of hydrogen-bond acceptors (Lipinski definition) is 5. The Morgan fingerprint density at radius 1 is 1.20 bits per heavy atom. The minimum Gasteiger partial charge on any atom is -0.354 e. The summed E-state index contributed by atoms with van der Waals surface area (Å²) in [5.41, 5.74) is 2.13. The Balaban J connectivity index is 1.92. The number of anilines is 1. The summed E-state index contributed by atoms with van der Waals surface area (Å²) in [5, 5.41) is 3.32. The third-order valence-corrected chi connectivity index (χ3v) is 2.96. The first-order valence-electron chi connectivity index (χ1n) is 6.91. The van der Waals surface area contributed by atoms with Gasteiger partial charge in [0.05, 0.1) is 18.1 Å². The topological polar surface area (TPSA) is 53.9 Å². The van der Waals surface area contributed by atoms with Crippen LogP contribution in [0.15, 0.2) is 36.9 Å². The Morgan fingerprint density at radius 3 is 2.75 bits per heavy atom. The second kappa shape index (κ2) is 7.55. The summed E-state index contributed by atoms with van der Waals surface area (Å²) in [7, 11) is 2.01. The van der Waals surface area contributed by atoms with Crippen molar-refractivity contribution in [3.8, 4) is 0 Å². The van der Waals surface area contributed by atoms with Gasteiger partial charge in [-0.25, -0.2) is 4.98 Å². The van der Waals surface area contributed by atoms with E-state index < -0.39 is 0 Å². The standard InChI is InChI=1S/C15H21N5/c1-3-6-16-9-14-10-19-15(11-18-14)20(2)12-13-5-4-7-17-8-13/h4-5,7-8,10-11,16H,3,6,9,12H2,1-2H3. The maximum Gasteiger partial charge on any atom is 0.147 e. The van der Waals surface area contributed by atoms with Gasteiger partial charge in [0.25, 0.3) is 0 Å². The molecule has 0 spiro atoms. The Morgan fingerprint density at radius 2 is 2.10 bits per heavy atom. The van der Waals surface area contributed by atoms with Crippen LogP contribution in [0.3, 0.4) is 0 Å². The van der Waals surface area contributed by atoms with E-state index in [0.29, 0.717) is 0 Å². The summed E-state index contributed by atoms with van der Waals surface area (Å²) in [4.78, 5) is 15.1. The molecule has 0 amide bonds. The molecule has 0 atom stereocenters. The smallest absolute Gasteiger partial charge is 0.147 e. The first kappa shape index (κ1) is 14.4. The van der Waals surface area contributed by atoms with Crippen molar-refractivity contribution in [2.45, 2.75) is 26.4 Å². The van der Waals surface area contributed by atoms with Crippen LogP contribution < -0.4 is 10.2 Å². The highest BCUT2D eigenvalue weighted by Gasteiger charge is 2.04. The van der Waals surface area contributed by atoms with Gasteiger partial charge in [-0.2, -0.15) is 0 Å². The maximum absolute atomic E-state index is 4.46. The van der Waals surface area contributed by atoms with Crippen LogP contribution in [0.2, 0.25) is 0 Å². The molecular formula is C15H21N5. The van der Waals surface area contributed by atoms with E-state index in [1.54, 1.807) is 6.20 Å². The van der Waals surface area contributed by atoms with Gasteiger partial charge in [-0.15, -0.1) is 0 Å². The second-order valence-electron chi connectivity index (χ2n) is 4.76. The maximum atomic E-state index is 4.46. The molecule has 5 nitrogen and oxygen atoms in total. The van der Waals surface area contributed by atoms with Gasteiger partial charge < -0.3 is 10.2 Å². The zero-order valence-electron chi connectivity index (χ0n) is 12.1. The Labute approximate surface area is 120 Å². The molecule has 0 unspecified atom stereocenters. The number of hydrogen-bond donors (Lipinski definition) is 1. The summed E-state index contributed by atoms with van der Waals surface area (Å²) in [5.74, 6) is 0.869. The number of aromatic nitrogens is 3. The fraction of sp³-hybridized carbons (Fsp3) is 0.400. The number of nitrogens with one attached hydrogen (secondary N) is 1. The number of rotatable bonds is 7. The van der Waals surface area contributed by atoms with E-state index in [2.05, 4.69) is 38.2 Å². The number of nitrogens with zero attached hydrogens (tertiary/aromatic N) is 4. The summed E-state index contributed by atoms with van der Waals surface area (Å²) in [6.07, 6.45) is 8.42. The highest BCUT2D eigenvalue weighted by atomic mass is 15.2. The van der Waals surface area contributed by atoms with Crippen molar-refractivity contribution >= 4 is 5.82 Å². The average Bonchev–Trinajstić information content (AvgIpc) is 2.49. The molecule has 0 radical (unpaired) electrons. The molecule has 106 valence electrons. The van der Waals surface area contributed by atoms with Crippen molar-refractivity contribution in [1.29, 1.82) is 0 Å². The lowest BCUT2D eigenvalue weighted by Gasteiger charge is -2.17. The zero-order valence-corrected chi connectivity index (χ0v) is 12.1. The molecule has 1 N–H and O–H groups in total. The van der Waals surface area contributed by atoms with Gasteiger partial charge in [0.1, 0.15) is 5.82 Å². The molecule has 0 fully saturated rings. The quantitative estimate of drug-likeness (QED) is 0.781. The fourth-order valence-electron chi connectivity index (χ4n) is 1.88. The molecule has 2 rings (SSSR count). The summed E-state index contributed by atoms with van der Waals surface area (Å²) in [6, 6.07) is 4.00. The van der Waals surface area contributed by atoms with Gasteiger partial charge in [-0.05, 0) is 24.6 Å². The molecular weight excluding hydrogens is 250 g/mol. The second-order valence-corrected chi connectivity index (χ2v) is 4.76. The highest BCUT2D eigenvalue weighted by molar-refractivity contribution is 5.35. The van der Waals surface area contributed by atoms with Gasteiger partial charge in [-0.1, -0.05) is 13.0 Å². The van der Waals surface area contributed by atoms with Crippen LogP contribution in [-0.2, 0) is 13.1 Å². The first-order chi connectivity index (χ1) is 9.79. The molecule has 2 aromatic rings. The Bertz CT molecular complexity index is 497. The molecule has 0 aromatic carbocycles. The minimum atomic E-state index is 0.771. The molecule has 20 heavy (non-hydrogen) atoms. The fourth-order valence-corrected chi connectivity index (χ4v) is 1.88. The van der Waals surface area contributed by atoms with Gasteiger partial charge in [0.2, 0.25) is 0 Å². The molecule has 2 aromatic heterocycles. The van der Waals surface area contributed by atoms with Crippen molar-refractivity contribution in [3.63, 3.8) is 0 Å². The largest absolute Gasteiger partial charge is 0.354 e. The van der Waals surface area contributed by atoms with Crippen molar-refractivity contribution in [2.24, 2.45) is 0 Å². The molecule has 5 heteroatoms. The predicted molar refractivity (Wildman–Crippen MR) is 80.4 cm³/mol. The van der Waals surface area contributed by atoms with Crippen LogP contribution >= 0.6 is 0 Å². The SMILES string of the molecule is CCCNCc1cnc(N(C)Cc2cccnc2)cn1. The number of pyridine rings is 1. The van der Waals surface area contributed by atoms with E-state index in [1.165, 1.54) is 0 Å². The molecule has 0 saturated carbocycles. The van der Waals surface area contributed by atoms with E-state index >= 15 is 0 Å². The first-order valence-corrected chi connectivity index (χ1v) is 6.91. The molecule has 0 aliphatic heterocycles. The minimum absolute atomic E-state index is 0.771. The van der Waals surface area contributed by atoms with E-state index in [1.807, 2.05) is 31.7 Å². The van der Waals surface area contributed by atoms with E-state index in [9.17, 15) is 0 Å². The van der Waals surface area contributed by atoms with E-state index in [4.69, 9.17) is 0 Å². The van der Waals surface area contributed by atoms with Crippen molar-refractivity contribution in [3.05, 3.63) is 48.2 Å². The zero-order chi connectivity index (χ0) is 14.2. The average molecular weight is 271 g/mol. The van der Waals surface area contributed by atoms with Gasteiger partial charge in [0, 0.05) is 32.5 Å². The van der Waals surface area contributed by atoms with E-state index in [0.717, 1.165) is 43.1 Å². The Kier molecular flexibility index (Phi) is 5.43. The van der Waals surface area contributed by atoms with Crippen molar-refractivity contribution in [2.75, 3.05) is 18.5 Å². The molecule has 0 saturated heterocycles. The third-order valence-electron chi connectivity index (χ3n) is 2.96. The summed E-state index contributed by atoms with van der Waals surface area (Å²) in [6.45, 7) is 4.70. The lowest BCUT2D eigenvalue weighted by Crippen LogP contribution is -2.19. The predicted octanol–water partition coefficient (Wildman–Crippen LogP) is 2.01.